The van der Waals surface area contributed by atoms with Crippen LogP contribution in [-0.4, -0.2) is 29.1 Å². The van der Waals surface area contributed by atoms with Crippen LogP contribution in [-0.2, 0) is 0 Å². The Balaban J connectivity index is 1.64. The molecular formula is C28H23BrIN3O4. The second-order valence-electron chi connectivity index (χ2n) is 8.48. The van der Waals surface area contributed by atoms with Gasteiger partial charge in [0.25, 0.3) is 5.56 Å². The summed E-state index contributed by atoms with van der Waals surface area (Å²) in [5.41, 5.74) is 1.71. The second-order valence-corrected chi connectivity index (χ2v) is 10.6. The molecule has 2 heterocycles. The first-order valence-electron chi connectivity index (χ1n) is 11.7. The number of rotatable bonds is 7. The van der Waals surface area contributed by atoms with Crippen molar-refractivity contribution < 1.29 is 13.9 Å². The van der Waals surface area contributed by atoms with Gasteiger partial charge in [-0.15, -0.1) is 0 Å². The van der Waals surface area contributed by atoms with Gasteiger partial charge in [0.1, 0.15) is 5.58 Å². The van der Waals surface area contributed by atoms with Crippen molar-refractivity contribution in [1.29, 1.82) is 0 Å². The largest absolute Gasteiger partial charge is 0.493 e. The van der Waals surface area contributed by atoms with Crippen molar-refractivity contribution in [1.82, 2.24) is 9.66 Å². The Hall–Kier alpha value is -3.18. The van der Waals surface area contributed by atoms with Crippen LogP contribution in [0.5, 0.6) is 11.5 Å². The van der Waals surface area contributed by atoms with E-state index in [9.17, 15) is 4.79 Å². The van der Waals surface area contributed by atoms with Gasteiger partial charge in [-0.25, -0.2) is 4.98 Å². The highest BCUT2D eigenvalue weighted by Gasteiger charge is 2.17. The maximum Gasteiger partial charge on any atom is 0.282 e. The molecule has 5 aromatic rings. The highest BCUT2D eigenvalue weighted by atomic mass is 127. The number of hydrogen-bond donors (Lipinski definition) is 0. The van der Waals surface area contributed by atoms with Crippen molar-refractivity contribution in [3.63, 3.8) is 0 Å². The van der Waals surface area contributed by atoms with E-state index in [1.54, 1.807) is 31.5 Å². The summed E-state index contributed by atoms with van der Waals surface area (Å²) in [6.07, 6.45) is 2.54. The van der Waals surface area contributed by atoms with E-state index < -0.39 is 0 Å². The average Bonchev–Trinajstić information content (AvgIpc) is 3.32. The highest BCUT2D eigenvalue weighted by Crippen LogP contribution is 2.35. The molecule has 0 bridgehead atoms. The van der Waals surface area contributed by atoms with Crippen molar-refractivity contribution in [3.8, 4) is 23.1 Å². The lowest BCUT2D eigenvalue weighted by molar-refractivity contribution is 0.206. The van der Waals surface area contributed by atoms with E-state index in [-0.39, 0.29) is 11.7 Å². The molecule has 0 aliphatic carbocycles. The predicted octanol–water partition coefficient (Wildman–Crippen LogP) is 7.24. The summed E-state index contributed by atoms with van der Waals surface area (Å²) in [7, 11) is 1.60. The molecule has 0 fully saturated rings. The smallest absolute Gasteiger partial charge is 0.282 e. The Morgan fingerprint density at radius 1 is 1.19 bits per heavy atom. The summed E-state index contributed by atoms with van der Waals surface area (Å²) in [6.45, 7) is 4.08. The summed E-state index contributed by atoms with van der Waals surface area (Å²) in [4.78, 5) is 18.3. The van der Waals surface area contributed by atoms with Crippen molar-refractivity contribution in [2.45, 2.75) is 26.4 Å². The Kier molecular flexibility index (Phi) is 7.34. The third-order valence-electron chi connectivity index (χ3n) is 5.92. The first-order valence-corrected chi connectivity index (χ1v) is 13.5. The quantitative estimate of drug-likeness (QED) is 0.135. The lowest BCUT2D eigenvalue weighted by atomic mass is 10.2. The number of benzene rings is 3. The Labute approximate surface area is 235 Å². The van der Waals surface area contributed by atoms with Crippen LogP contribution >= 0.6 is 38.5 Å². The van der Waals surface area contributed by atoms with E-state index in [1.165, 1.54) is 4.68 Å². The summed E-state index contributed by atoms with van der Waals surface area (Å²) in [6, 6.07) is 18.5. The molecule has 3 aromatic carbocycles. The number of para-hydroxylation sites is 1. The molecule has 37 heavy (non-hydrogen) atoms. The molecule has 0 radical (unpaired) electrons. The molecule has 1 atom stereocenters. The van der Waals surface area contributed by atoms with Gasteiger partial charge in [-0.05, 0) is 90.0 Å². The Morgan fingerprint density at radius 3 is 2.78 bits per heavy atom. The lowest BCUT2D eigenvalue weighted by Gasteiger charge is -2.17. The number of halogens is 2. The van der Waals surface area contributed by atoms with Gasteiger partial charge in [-0.2, -0.15) is 9.78 Å². The summed E-state index contributed by atoms with van der Waals surface area (Å²) in [5.74, 6) is 2.04. The average molecular weight is 672 g/mol. The normalized spacial score (nSPS) is 12.5. The van der Waals surface area contributed by atoms with Crippen molar-refractivity contribution in [3.05, 3.63) is 84.6 Å². The van der Waals surface area contributed by atoms with Gasteiger partial charge in [0.15, 0.2) is 17.3 Å². The molecule has 0 aliphatic rings. The molecule has 5 rings (SSSR count). The highest BCUT2D eigenvalue weighted by molar-refractivity contribution is 14.1. The minimum atomic E-state index is -0.295. The number of ether oxygens (including phenoxy) is 2. The zero-order valence-corrected chi connectivity index (χ0v) is 24.1. The summed E-state index contributed by atoms with van der Waals surface area (Å²) >= 11 is 5.71. The van der Waals surface area contributed by atoms with Gasteiger partial charge in [-0.1, -0.05) is 35.0 Å². The SMILES string of the molecule is CC[C@H](C)Oc1c(I)cc(C=Nn2c(-c3cc4cc(Br)ccc4o3)nc3ccccc3c2=O)cc1OC. The number of nitrogens with zero attached hydrogens (tertiary/aromatic N) is 3. The van der Waals surface area contributed by atoms with Crippen LogP contribution in [0.15, 0.2) is 79.4 Å². The van der Waals surface area contributed by atoms with E-state index >= 15 is 0 Å². The van der Waals surface area contributed by atoms with Gasteiger partial charge >= 0.3 is 0 Å². The zero-order chi connectivity index (χ0) is 26.1. The van der Waals surface area contributed by atoms with E-state index in [4.69, 9.17) is 18.9 Å². The molecule has 2 aromatic heterocycles. The molecule has 0 saturated heterocycles. The van der Waals surface area contributed by atoms with Crippen LogP contribution in [0.3, 0.4) is 0 Å². The Bertz CT molecular complexity index is 1710. The van der Waals surface area contributed by atoms with Crippen molar-refractivity contribution in [2.75, 3.05) is 7.11 Å². The lowest BCUT2D eigenvalue weighted by Crippen LogP contribution is -2.20. The van der Waals surface area contributed by atoms with Gasteiger partial charge < -0.3 is 13.9 Å². The first kappa shape index (κ1) is 25.5. The van der Waals surface area contributed by atoms with Crippen molar-refractivity contribution in [2.24, 2.45) is 5.10 Å². The molecule has 0 amide bonds. The van der Waals surface area contributed by atoms with Crippen molar-refractivity contribution >= 4 is 66.6 Å². The summed E-state index contributed by atoms with van der Waals surface area (Å²) < 4.78 is 20.8. The Morgan fingerprint density at radius 2 is 2.00 bits per heavy atom. The number of fused-ring (bicyclic) bond motifs is 2. The van der Waals surface area contributed by atoms with Crippen LogP contribution in [0.2, 0.25) is 0 Å². The van der Waals surface area contributed by atoms with Crippen LogP contribution in [0, 0.1) is 3.57 Å². The fraction of sp³-hybridized carbons (Fsp3) is 0.179. The maximum absolute atomic E-state index is 13.5. The van der Waals surface area contributed by atoms with Crippen LogP contribution in [0.4, 0.5) is 0 Å². The van der Waals surface area contributed by atoms with E-state index in [0.29, 0.717) is 39.6 Å². The number of aromatic nitrogens is 2. The van der Waals surface area contributed by atoms with E-state index in [2.05, 4.69) is 50.5 Å². The number of hydrogen-bond acceptors (Lipinski definition) is 6. The van der Waals surface area contributed by atoms with E-state index in [0.717, 1.165) is 25.4 Å². The second kappa shape index (κ2) is 10.7. The monoisotopic (exact) mass is 671 g/mol. The molecule has 7 nitrogen and oxygen atoms in total. The molecule has 188 valence electrons. The van der Waals surface area contributed by atoms with Gasteiger partial charge in [0.2, 0.25) is 5.82 Å². The molecule has 9 heteroatoms. The summed E-state index contributed by atoms with van der Waals surface area (Å²) in [5, 5.41) is 5.91. The number of methoxy groups -OCH3 is 1. The predicted molar refractivity (Wildman–Crippen MR) is 158 cm³/mol. The minimum absolute atomic E-state index is 0.0520. The van der Waals surface area contributed by atoms with E-state index in [1.807, 2.05) is 49.4 Å². The molecule has 0 N–H and O–H groups in total. The maximum atomic E-state index is 13.5. The standard InChI is InChI=1S/C28H23BrIN3O4/c1-4-16(2)36-26-21(30)11-17(12-24(26)35-3)15-31-33-27(32-22-8-6-5-7-20(22)28(33)34)25-14-18-13-19(29)9-10-23(18)37-25/h5-16H,4H2,1-3H3/t16-/m0/s1. The topological polar surface area (TPSA) is 78.9 Å². The third-order valence-corrected chi connectivity index (χ3v) is 7.22. The minimum Gasteiger partial charge on any atom is -0.493 e. The molecule has 0 saturated carbocycles. The van der Waals surface area contributed by atoms with Gasteiger partial charge in [-0.3, -0.25) is 4.79 Å². The molecule has 0 aliphatic heterocycles. The fourth-order valence-electron chi connectivity index (χ4n) is 3.85. The molecular weight excluding hydrogens is 649 g/mol. The van der Waals surface area contributed by atoms with Crippen LogP contribution in [0.1, 0.15) is 25.8 Å². The zero-order valence-electron chi connectivity index (χ0n) is 20.4. The molecule has 0 spiro atoms. The first-order chi connectivity index (χ1) is 17.9. The van der Waals surface area contributed by atoms with Gasteiger partial charge in [0.05, 0.1) is 33.9 Å². The fourth-order valence-corrected chi connectivity index (χ4v) is 4.98. The number of furan rings is 1. The molecule has 0 unspecified atom stereocenters. The van der Waals surface area contributed by atoms with Crippen LogP contribution in [0.25, 0.3) is 33.5 Å². The third kappa shape index (κ3) is 5.15. The van der Waals surface area contributed by atoms with Gasteiger partial charge in [0, 0.05) is 9.86 Å². The van der Waals surface area contributed by atoms with Crippen LogP contribution < -0.4 is 15.0 Å².